The van der Waals surface area contributed by atoms with E-state index < -0.39 is 0 Å². The number of hydrogen-bond acceptors (Lipinski definition) is 4. The van der Waals surface area contributed by atoms with E-state index in [9.17, 15) is 0 Å². The minimum atomic E-state index is 0.377. The molecule has 1 heterocycles. The molecule has 0 saturated heterocycles. The van der Waals surface area contributed by atoms with Crippen LogP contribution in [0.5, 0.6) is 0 Å². The quantitative estimate of drug-likeness (QED) is 0.402. The van der Waals surface area contributed by atoms with Gasteiger partial charge in [0.15, 0.2) is 5.11 Å². The number of halogens is 1. The molecule has 5 nitrogen and oxygen atoms in total. The van der Waals surface area contributed by atoms with Crippen LogP contribution in [0, 0.1) is 6.92 Å². The van der Waals surface area contributed by atoms with Crippen LogP contribution in [0.4, 0.5) is 17.2 Å². The van der Waals surface area contributed by atoms with Crippen LogP contribution in [0.15, 0.2) is 48.5 Å². The maximum Gasteiger partial charge on any atom is 0.171 e. The van der Waals surface area contributed by atoms with Gasteiger partial charge >= 0.3 is 0 Å². The smallest absolute Gasteiger partial charge is 0.171 e. The average Bonchev–Trinajstić information content (AvgIpc) is 2.76. The molecule has 1 aliphatic rings. The van der Waals surface area contributed by atoms with Crippen molar-refractivity contribution in [1.82, 2.24) is 10.3 Å². The molecule has 1 saturated carbocycles. The van der Waals surface area contributed by atoms with Gasteiger partial charge in [0.25, 0.3) is 0 Å². The molecule has 1 fully saturated rings. The lowest BCUT2D eigenvalue weighted by Gasteiger charge is -2.31. The summed E-state index contributed by atoms with van der Waals surface area (Å²) in [6.07, 6.45) is 4.28. The van der Waals surface area contributed by atoms with Crippen LogP contribution in [-0.2, 0) is 0 Å². The Morgan fingerprint density at radius 2 is 1.75 bits per heavy atom. The summed E-state index contributed by atoms with van der Waals surface area (Å²) in [5.74, 6) is 0.944. The third-order valence-electron chi connectivity index (χ3n) is 6.03. The number of para-hydroxylation sites is 1. The Morgan fingerprint density at radius 1 is 1.03 bits per heavy atom. The first-order valence-electron chi connectivity index (χ1n) is 11.1. The number of pyridine rings is 1. The Kier molecular flexibility index (Phi) is 7.01. The van der Waals surface area contributed by atoms with E-state index in [2.05, 4.69) is 59.2 Å². The first-order valence-corrected chi connectivity index (χ1v) is 11.8. The summed E-state index contributed by atoms with van der Waals surface area (Å²) < 4.78 is 0. The fourth-order valence-electron chi connectivity index (χ4n) is 4.30. The lowest BCUT2D eigenvalue weighted by atomic mass is 9.91. The van der Waals surface area contributed by atoms with Gasteiger partial charge in [-0.1, -0.05) is 29.8 Å². The first kappa shape index (κ1) is 22.6. The molecule has 1 aliphatic carbocycles. The van der Waals surface area contributed by atoms with Crippen molar-refractivity contribution in [3.8, 4) is 0 Å². The predicted molar refractivity (Wildman–Crippen MR) is 141 cm³/mol. The SMILES string of the molecule is Cc1cc(Cl)ccc1NC(=S)N[C@H]1CC[C@@H](Nc2cc(N(C)C)c3ccccc3n2)CC1. The van der Waals surface area contributed by atoms with E-state index in [1.807, 2.05) is 31.2 Å². The van der Waals surface area contributed by atoms with Gasteiger partial charge in [0.2, 0.25) is 0 Å². The fourth-order valence-corrected chi connectivity index (χ4v) is 4.81. The van der Waals surface area contributed by atoms with Gasteiger partial charge in [-0.3, -0.25) is 0 Å². The van der Waals surface area contributed by atoms with E-state index in [4.69, 9.17) is 28.8 Å². The Morgan fingerprint density at radius 3 is 2.47 bits per heavy atom. The van der Waals surface area contributed by atoms with Crippen molar-refractivity contribution in [2.75, 3.05) is 29.6 Å². The summed E-state index contributed by atoms with van der Waals surface area (Å²) in [7, 11) is 4.15. The summed E-state index contributed by atoms with van der Waals surface area (Å²) in [6.45, 7) is 2.02. The second kappa shape index (κ2) is 9.92. The zero-order valence-corrected chi connectivity index (χ0v) is 20.4. The largest absolute Gasteiger partial charge is 0.377 e. The van der Waals surface area contributed by atoms with Crippen LogP contribution in [0.2, 0.25) is 5.02 Å². The highest BCUT2D eigenvalue weighted by Gasteiger charge is 2.22. The van der Waals surface area contributed by atoms with Gasteiger partial charge in [-0.05, 0) is 74.7 Å². The van der Waals surface area contributed by atoms with Crippen molar-refractivity contribution in [1.29, 1.82) is 0 Å². The van der Waals surface area contributed by atoms with Crippen LogP contribution in [0.1, 0.15) is 31.2 Å². The van der Waals surface area contributed by atoms with Gasteiger partial charge in [0.1, 0.15) is 5.82 Å². The third kappa shape index (κ3) is 5.43. The number of nitrogens with zero attached hydrogens (tertiary/aromatic N) is 2. The fraction of sp³-hybridized carbons (Fsp3) is 0.360. The number of hydrogen-bond donors (Lipinski definition) is 3. The molecule has 0 spiro atoms. The Bertz CT molecular complexity index is 1110. The maximum absolute atomic E-state index is 6.04. The minimum absolute atomic E-state index is 0.377. The number of aryl methyl sites for hydroxylation is 1. The Balaban J connectivity index is 1.32. The molecular formula is C25H30ClN5S. The van der Waals surface area contributed by atoms with Crippen LogP contribution in [0.3, 0.4) is 0 Å². The molecule has 3 N–H and O–H groups in total. The number of nitrogens with one attached hydrogen (secondary N) is 3. The third-order valence-corrected chi connectivity index (χ3v) is 6.48. The molecule has 7 heteroatoms. The summed E-state index contributed by atoms with van der Waals surface area (Å²) in [4.78, 5) is 6.99. The lowest BCUT2D eigenvalue weighted by molar-refractivity contribution is 0.388. The number of thiocarbonyl (C=S) groups is 1. The molecule has 4 rings (SSSR count). The second-order valence-electron chi connectivity index (χ2n) is 8.69. The van der Waals surface area contributed by atoms with E-state index in [1.165, 1.54) is 11.1 Å². The van der Waals surface area contributed by atoms with Crippen LogP contribution >= 0.6 is 23.8 Å². The molecule has 0 unspecified atom stereocenters. The topological polar surface area (TPSA) is 52.2 Å². The van der Waals surface area contributed by atoms with E-state index in [0.29, 0.717) is 17.2 Å². The van der Waals surface area contributed by atoms with E-state index >= 15 is 0 Å². The molecule has 0 amide bonds. The van der Waals surface area contributed by atoms with E-state index in [1.54, 1.807) is 0 Å². The van der Waals surface area contributed by atoms with Gasteiger partial charge in [0.05, 0.1) is 5.52 Å². The molecule has 1 aromatic heterocycles. The standard InChI is InChI=1S/C25H30ClN5S/c1-16-14-17(26)8-13-21(16)30-25(32)28-19-11-9-18(10-12-19)27-24-15-23(31(2)3)20-6-4-5-7-22(20)29-24/h4-8,13-15,18-19H,9-12H2,1-3H3,(H,27,29)(H2,28,30,32)/t18-,19+. The monoisotopic (exact) mass is 467 g/mol. The summed E-state index contributed by atoms with van der Waals surface area (Å²) in [6, 6.07) is 17.0. The Hall–Kier alpha value is -2.57. The number of anilines is 3. The van der Waals surface area contributed by atoms with E-state index in [0.717, 1.165) is 53.3 Å². The second-order valence-corrected chi connectivity index (χ2v) is 9.53. The summed E-state index contributed by atoms with van der Waals surface area (Å²) in [5, 5.41) is 13.0. The molecule has 2 aromatic carbocycles. The highest BCUT2D eigenvalue weighted by Crippen LogP contribution is 2.29. The molecule has 0 bridgehead atoms. The van der Waals surface area contributed by atoms with Gasteiger partial charge < -0.3 is 20.9 Å². The van der Waals surface area contributed by atoms with Gasteiger partial charge in [-0.2, -0.15) is 0 Å². The van der Waals surface area contributed by atoms with Crippen LogP contribution < -0.4 is 20.9 Å². The minimum Gasteiger partial charge on any atom is -0.377 e. The molecular weight excluding hydrogens is 438 g/mol. The summed E-state index contributed by atoms with van der Waals surface area (Å²) in [5.41, 5.74) is 4.27. The van der Waals surface area contributed by atoms with Crippen LogP contribution in [-0.4, -0.2) is 36.3 Å². The van der Waals surface area contributed by atoms with Gasteiger partial charge in [-0.15, -0.1) is 0 Å². The summed E-state index contributed by atoms with van der Waals surface area (Å²) >= 11 is 11.6. The molecule has 32 heavy (non-hydrogen) atoms. The first-order chi connectivity index (χ1) is 15.4. The normalized spacial score (nSPS) is 18.2. The number of benzene rings is 2. The zero-order chi connectivity index (χ0) is 22.7. The van der Waals surface area contributed by atoms with Crippen molar-refractivity contribution in [2.45, 2.75) is 44.7 Å². The average molecular weight is 468 g/mol. The highest BCUT2D eigenvalue weighted by molar-refractivity contribution is 7.80. The molecule has 0 radical (unpaired) electrons. The van der Waals surface area contributed by atoms with Crippen molar-refractivity contribution < 1.29 is 0 Å². The number of aromatic nitrogens is 1. The van der Waals surface area contributed by atoms with Crippen molar-refractivity contribution in [3.63, 3.8) is 0 Å². The molecule has 3 aromatic rings. The molecule has 168 valence electrons. The van der Waals surface area contributed by atoms with Crippen LogP contribution in [0.25, 0.3) is 10.9 Å². The molecule has 0 aliphatic heterocycles. The van der Waals surface area contributed by atoms with Crippen molar-refractivity contribution in [2.24, 2.45) is 0 Å². The Labute approximate surface area is 200 Å². The highest BCUT2D eigenvalue weighted by atomic mass is 35.5. The number of rotatable bonds is 5. The predicted octanol–water partition coefficient (Wildman–Crippen LogP) is 5.97. The zero-order valence-electron chi connectivity index (χ0n) is 18.8. The maximum atomic E-state index is 6.04. The van der Waals surface area contributed by atoms with Gasteiger partial charge in [0, 0.05) is 54.0 Å². The lowest BCUT2D eigenvalue weighted by Crippen LogP contribution is -2.42. The number of fused-ring (bicyclic) bond motifs is 1. The van der Waals surface area contributed by atoms with Gasteiger partial charge in [-0.25, -0.2) is 4.98 Å². The van der Waals surface area contributed by atoms with Crippen molar-refractivity contribution >= 4 is 57.0 Å². The van der Waals surface area contributed by atoms with E-state index in [-0.39, 0.29) is 0 Å². The molecule has 0 atom stereocenters. The van der Waals surface area contributed by atoms with Crippen molar-refractivity contribution in [3.05, 3.63) is 59.1 Å².